The quantitative estimate of drug-likeness (QED) is 0.786. The van der Waals surface area contributed by atoms with Crippen LogP contribution in [0.5, 0.6) is 0 Å². The first kappa shape index (κ1) is 9.40. The van der Waals surface area contributed by atoms with Crippen molar-refractivity contribution in [2.24, 2.45) is 0 Å². The zero-order valence-electron chi connectivity index (χ0n) is 9.71. The van der Waals surface area contributed by atoms with Gasteiger partial charge in [-0.25, -0.2) is 0 Å². The fourth-order valence-corrected chi connectivity index (χ4v) is 2.92. The third-order valence-corrected chi connectivity index (χ3v) is 3.96. The van der Waals surface area contributed by atoms with Crippen molar-refractivity contribution < 1.29 is 0 Å². The van der Waals surface area contributed by atoms with Gasteiger partial charge in [-0.3, -0.25) is 0 Å². The van der Waals surface area contributed by atoms with Crippen molar-refractivity contribution in [1.82, 2.24) is 14.8 Å². The molecule has 1 aromatic carbocycles. The minimum Gasteiger partial charge on any atom is -0.314 e. The molecule has 0 N–H and O–H groups in total. The van der Waals surface area contributed by atoms with Crippen molar-refractivity contribution in [3.8, 4) is 0 Å². The summed E-state index contributed by atoms with van der Waals surface area (Å²) >= 11 is 0. The van der Waals surface area contributed by atoms with E-state index in [1.807, 2.05) is 6.33 Å². The van der Waals surface area contributed by atoms with Gasteiger partial charge in [0.05, 0.1) is 0 Å². The fraction of sp³-hybridized carbons (Fsp3) is 0.429. The van der Waals surface area contributed by atoms with Crippen molar-refractivity contribution in [2.45, 2.75) is 37.6 Å². The van der Waals surface area contributed by atoms with Crippen molar-refractivity contribution in [1.29, 1.82) is 0 Å². The van der Waals surface area contributed by atoms with Crippen molar-refractivity contribution in [2.75, 3.05) is 0 Å². The predicted octanol–water partition coefficient (Wildman–Crippen LogP) is 2.50. The van der Waals surface area contributed by atoms with E-state index in [4.69, 9.17) is 0 Å². The van der Waals surface area contributed by atoms with Crippen molar-refractivity contribution in [3.63, 3.8) is 0 Å². The minimum absolute atomic E-state index is 0.537. The maximum atomic E-state index is 4.36. The zero-order chi connectivity index (χ0) is 11.2. The van der Waals surface area contributed by atoms with Crippen LogP contribution in [0.2, 0.25) is 0 Å². The highest BCUT2D eigenvalue weighted by Gasteiger charge is 2.31. The second-order valence-electron chi connectivity index (χ2n) is 5.20. The number of rotatable bonds is 2. The van der Waals surface area contributed by atoms with Crippen LogP contribution in [-0.2, 0) is 12.8 Å². The molecule has 0 bridgehead atoms. The first-order valence-corrected chi connectivity index (χ1v) is 6.38. The third kappa shape index (κ3) is 1.49. The molecule has 0 unspecified atom stereocenters. The average molecular weight is 225 g/mol. The highest BCUT2D eigenvalue weighted by Crippen LogP contribution is 2.39. The number of nitrogens with zero attached hydrogens (tertiary/aromatic N) is 3. The first-order chi connectivity index (χ1) is 8.42. The SMILES string of the molecule is c1ccc2c(c1)CC(c1nncn1C1CC1)C2. The molecule has 0 amide bonds. The highest BCUT2D eigenvalue weighted by atomic mass is 15.3. The van der Waals surface area contributed by atoms with Crippen LogP contribution >= 0.6 is 0 Å². The van der Waals surface area contributed by atoms with E-state index in [0.717, 1.165) is 12.8 Å². The number of benzene rings is 1. The Morgan fingerprint density at radius 3 is 2.41 bits per heavy atom. The maximum absolute atomic E-state index is 4.36. The lowest BCUT2D eigenvalue weighted by atomic mass is 10.1. The van der Waals surface area contributed by atoms with Gasteiger partial charge in [0.15, 0.2) is 0 Å². The van der Waals surface area contributed by atoms with Crippen LogP contribution in [0.4, 0.5) is 0 Å². The summed E-state index contributed by atoms with van der Waals surface area (Å²) in [4.78, 5) is 0. The summed E-state index contributed by atoms with van der Waals surface area (Å²) in [5.41, 5.74) is 2.98. The zero-order valence-corrected chi connectivity index (χ0v) is 9.71. The molecule has 3 nitrogen and oxygen atoms in total. The van der Waals surface area contributed by atoms with Gasteiger partial charge >= 0.3 is 0 Å². The van der Waals surface area contributed by atoms with Gasteiger partial charge in [-0.05, 0) is 36.8 Å². The summed E-state index contributed by atoms with van der Waals surface area (Å²) in [5.74, 6) is 1.74. The van der Waals surface area contributed by atoms with E-state index in [0.29, 0.717) is 12.0 Å². The van der Waals surface area contributed by atoms with Gasteiger partial charge in [-0.2, -0.15) is 0 Å². The molecule has 17 heavy (non-hydrogen) atoms. The Bertz CT molecular complexity index is 529. The van der Waals surface area contributed by atoms with Crippen LogP contribution in [0, 0.1) is 0 Å². The van der Waals surface area contributed by atoms with E-state index < -0.39 is 0 Å². The maximum Gasteiger partial charge on any atom is 0.136 e. The van der Waals surface area contributed by atoms with Gasteiger partial charge in [0.2, 0.25) is 0 Å². The summed E-state index contributed by atoms with van der Waals surface area (Å²) in [6, 6.07) is 9.43. The van der Waals surface area contributed by atoms with Crippen LogP contribution in [0.25, 0.3) is 0 Å². The second kappa shape index (κ2) is 3.42. The number of fused-ring (bicyclic) bond motifs is 1. The smallest absolute Gasteiger partial charge is 0.136 e. The summed E-state index contributed by atoms with van der Waals surface area (Å²) in [7, 11) is 0. The lowest BCUT2D eigenvalue weighted by Gasteiger charge is -2.10. The Hall–Kier alpha value is -1.64. The molecule has 0 aliphatic heterocycles. The second-order valence-corrected chi connectivity index (χ2v) is 5.20. The minimum atomic E-state index is 0.537. The van der Waals surface area contributed by atoms with Gasteiger partial charge in [0.1, 0.15) is 12.2 Å². The van der Waals surface area contributed by atoms with Crippen LogP contribution in [0.1, 0.15) is 41.8 Å². The molecule has 2 aliphatic rings. The molecule has 0 saturated heterocycles. The van der Waals surface area contributed by atoms with E-state index in [1.54, 1.807) is 0 Å². The molecule has 4 rings (SSSR count). The van der Waals surface area contributed by atoms with E-state index in [-0.39, 0.29) is 0 Å². The summed E-state index contributed by atoms with van der Waals surface area (Å²) in [6.45, 7) is 0. The molecular weight excluding hydrogens is 210 g/mol. The molecule has 2 aromatic rings. The predicted molar refractivity (Wildman–Crippen MR) is 64.9 cm³/mol. The first-order valence-electron chi connectivity index (χ1n) is 6.38. The molecule has 0 spiro atoms. The third-order valence-electron chi connectivity index (χ3n) is 3.96. The molecule has 0 atom stereocenters. The molecule has 1 saturated carbocycles. The number of hydrogen-bond donors (Lipinski definition) is 0. The molecule has 1 aromatic heterocycles. The van der Waals surface area contributed by atoms with E-state index in [1.165, 1.54) is 29.8 Å². The Morgan fingerprint density at radius 2 is 1.76 bits per heavy atom. The number of hydrogen-bond acceptors (Lipinski definition) is 2. The molecule has 2 aliphatic carbocycles. The lowest BCUT2D eigenvalue weighted by Crippen LogP contribution is -2.08. The topological polar surface area (TPSA) is 30.7 Å². The van der Waals surface area contributed by atoms with E-state index >= 15 is 0 Å². The Labute approximate surface area is 100 Å². The highest BCUT2D eigenvalue weighted by molar-refractivity contribution is 5.35. The van der Waals surface area contributed by atoms with Crippen molar-refractivity contribution >= 4 is 0 Å². The monoisotopic (exact) mass is 225 g/mol. The van der Waals surface area contributed by atoms with E-state index in [9.17, 15) is 0 Å². The molecular formula is C14H15N3. The average Bonchev–Trinajstić information content (AvgIpc) is 2.94. The molecule has 3 heteroatoms. The van der Waals surface area contributed by atoms with Crippen LogP contribution < -0.4 is 0 Å². The van der Waals surface area contributed by atoms with Crippen molar-refractivity contribution in [3.05, 3.63) is 47.5 Å². The largest absolute Gasteiger partial charge is 0.314 e. The molecule has 1 heterocycles. The van der Waals surface area contributed by atoms with Gasteiger partial charge in [0, 0.05) is 12.0 Å². The number of aromatic nitrogens is 3. The van der Waals surface area contributed by atoms with Gasteiger partial charge in [-0.15, -0.1) is 10.2 Å². The van der Waals surface area contributed by atoms with E-state index in [2.05, 4.69) is 39.0 Å². The molecule has 0 radical (unpaired) electrons. The van der Waals surface area contributed by atoms with Crippen LogP contribution in [-0.4, -0.2) is 14.8 Å². The summed E-state index contributed by atoms with van der Waals surface area (Å²) in [6.07, 6.45) is 6.76. The molecule has 1 fully saturated rings. The van der Waals surface area contributed by atoms with Crippen LogP contribution in [0.15, 0.2) is 30.6 Å². The fourth-order valence-electron chi connectivity index (χ4n) is 2.92. The lowest BCUT2D eigenvalue weighted by molar-refractivity contribution is 0.599. The Balaban J connectivity index is 1.67. The Kier molecular flexibility index (Phi) is 1.89. The standard InChI is InChI=1S/C14H15N3/c1-2-4-11-8-12(7-10(11)3-1)14-16-15-9-17(14)13-5-6-13/h1-4,9,12-13H,5-8H2. The van der Waals surface area contributed by atoms with Gasteiger partial charge < -0.3 is 4.57 Å². The van der Waals surface area contributed by atoms with Gasteiger partial charge in [0.25, 0.3) is 0 Å². The molecule has 86 valence electrons. The normalized spacial score (nSPS) is 19.5. The summed E-state index contributed by atoms with van der Waals surface area (Å²) in [5, 5.41) is 8.46. The summed E-state index contributed by atoms with van der Waals surface area (Å²) < 4.78 is 2.30. The van der Waals surface area contributed by atoms with Gasteiger partial charge in [-0.1, -0.05) is 24.3 Å². The Morgan fingerprint density at radius 1 is 1.06 bits per heavy atom. The van der Waals surface area contributed by atoms with Crippen LogP contribution in [0.3, 0.4) is 0 Å².